The van der Waals surface area contributed by atoms with E-state index >= 15 is 0 Å². The van der Waals surface area contributed by atoms with E-state index in [0.29, 0.717) is 0 Å². The molecule has 3 heteroatoms. The zero-order valence-corrected chi connectivity index (χ0v) is 7.96. The molecular weight excluding hydrogens is 152 g/mol. The molecule has 0 saturated heterocycles. The largest absolute Gasteiger partial charge is 0.294 e. The first-order valence-corrected chi connectivity index (χ1v) is 4.07. The van der Waals surface area contributed by atoms with Crippen LogP contribution in [0.1, 0.15) is 29.9 Å². The van der Waals surface area contributed by atoms with E-state index in [4.69, 9.17) is 0 Å². The molecule has 3 nitrogen and oxygen atoms in total. The van der Waals surface area contributed by atoms with Crippen molar-refractivity contribution in [2.24, 2.45) is 13.0 Å². The second-order valence-corrected chi connectivity index (χ2v) is 3.29. The lowest BCUT2D eigenvalue weighted by Crippen LogP contribution is -2.08. The molecule has 0 saturated carbocycles. The number of Topliss-reactive ketones (excluding diaryl/α,β-unsaturated/α-hetero) is 1. The van der Waals surface area contributed by atoms with Gasteiger partial charge < -0.3 is 0 Å². The predicted octanol–water partition coefficient (Wildman–Crippen LogP) is 1.57. The molecule has 1 heterocycles. The third-order valence-electron chi connectivity index (χ3n) is 2.03. The number of rotatable bonds is 2. The summed E-state index contributed by atoms with van der Waals surface area (Å²) in [5.74, 6) is 0.216. The zero-order valence-electron chi connectivity index (χ0n) is 7.96. The summed E-state index contributed by atoms with van der Waals surface area (Å²) in [6, 6.07) is 0. The first-order chi connectivity index (χ1) is 5.54. The fourth-order valence-corrected chi connectivity index (χ4v) is 1.05. The Morgan fingerprint density at radius 1 is 1.58 bits per heavy atom. The second kappa shape index (κ2) is 3.09. The molecule has 0 aliphatic heterocycles. The van der Waals surface area contributed by atoms with Crippen LogP contribution in [0.2, 0.25) is 0 Å². The van der Waals surface area contributed by atoms with E-state index < -0.39 is 0 Å². The molecule has 1 rings (SSSR count). The van der Waals surface area contributed by atoms with Gasteiger partial charge in [-0.25, -0.2) is 0 Å². The minimum atomic E-state index is 0.0490. The van der Waals surface area contributed by atoms with Crippen LogP contribution in [-0.4, -0.2) is 15.6 Å². The van der Waals surface area contributed by atoms with Crippen LogP contribution in [-0.2, 0) is 7.05 Å². The average molecular weight is 166 g/mol. The Labute approximate surface area is 72.4 Å². The standard InChI is InChI=1S/C9H14N2O/c1-6(2)9(12)8-5-10-11(4)7(8)3/h5-6H,1-4H3. The van der Waals surface area contributed by atoms with Gasteiger partial charge in [0.1, 0.15) is 0 Å². The minimum Gasteiger partial charge on any atom is -0.294 e. The molecule has 0 bridgehead atoms. The van der Waals surface area contributed by atoms with E-state index in [9.17, 15) is 4.79 Å². The maximum absolute atomic E-state index is 11.5. The lowest BCUT2D eigenvalue weighted by atomic mass is 10.0. The summed E-state index contributed by atoms with van der Waals surface area (Å²) in [7, 11) is 1.84. The molecular formula is C9H14N2O. The van der Waals surface area contributed by atoms with E-state index in [1.54, 1.807) is 10.9 Å². The normalized spacial score (nSPS) is 10.8. The predicted molar refractivity (Wildman–Crippen MR) is 47.1 cm³/mol. The van der Waals surface area contributed by atoms with E-state index in [1.165, 1.54) is 0 Å². The van der Waals surface area contributed by atoms with Crippen LogP contribution < -0.4 is 0 Å². The number of aromatic nitrogens is 2. The van der Waals surface area contributed by atoms with Gasteiger partial charge in [0, 0.05) is 18.7 Å². The molecule has 0 N–H and O–H groups in total. The van der Waals surface area contributed by atoms with Crippen LogP contribution in [0.3, 0.4) is 0 Å². The van der Waals surface area contributed by atoms with Crippen molar-refractivity contribution in [1.29, 1.82) is 0 Å². The molecule has 0 aliphatic rings. The first kappa shape index (κ1) is 8.97. The molecule has 1 aromatic heterocycles. The van der Waals surface area contributed by atoms with Gasteiger partial charge in [-0.3, -0.25) is 9.48 Å². The number of ketones is 1. The van der Waals surface area contributed by atoms with Gasteiger partial charge in [-0.05, 0) is 6.92 Å². The Kier molecular flexibility index (Phi) is 2.31. The summed E-state index contributed by atoms with van der Waals surface area (Å²) in [6.45, 7) is 5.70. The van der Waals surface area contributed by atoms with Gasteiger partial charge in [0.25, 0.3) is 0 Å². The van der Waals surface area contributed by atoms with Crippen molar-refractivity contribution in [3.8, 4) is 0 Å². The Morgan fingerprint density at radius 2 is 2.17 bits per heavy atom. The van der Waals surface area contributed by atoms with Crippen molar-refractivity contribution < 1.29 is 4.79 Å². The number of carbonyl (C=O) groups is 1. The van der Waals surface area contributed by atoms with E-state index in [0.717, 1.165) is 11.3 Å². The maximum Gasteiger partial charge on any atom is 0.168 e. The number of nitrogens with zero attached hydrogens (tertiary/aromatic N) is 2. The van der Waals surface area contributed by atoms with Gasteiger partial charge in [0.05, 0.1) is 11.8 Å². The Hall–Kier alpha value is -1.12. The van der Waals surface area contributed by atoms with Gasteiger partial charge in [0.15, 0.2) is 5.78 Å². The number of carbonyl (C=O) groups excluding carboxylic acids is 1. The summed E-state index contributed by atoms with van der Waals surface area (Å²) in [5.41, 5.74) is 1.68. The van der Waals surface area contributed by atoms with Gasteiger partial charge in [0.2, 0.25) is 0 Å². The Balaban J connectivity index is 3.04. The van der Waals surface area contributed by atoms with Crippen LogP contribution >= 0.6 is 0 Å². The summed E-state index contributed by atoms with van der Waals surface area (Å²) in [5, 5.41) is 4.02. The van der Waals surface area contributed by atoms with Crippen molar-refractivity contribution >= 4 is 5.78 Å². The Morgan fingerprint density at radius 3 is 2.50 bits per heavy atom. The molecule has 1 aromatic rings. The molecule has 0 atom stereocenters. The Bertz CT molecular complexity index is 299. The topological polar surface area (TPSA) is 34.9 Å². The highest BCUT2D eigenvalue weighted by molar-refractivity contribution is 5.98. The van der Waals surface area contributed by atoms with Crippen LogP contribution in [0.15, 0.2) is 6.20 Å². The van der Waals surface area contributed by atoms with Crippen molar-refractivity contribution in [2.45, 2.75) is 20.8 Å². The van der Waals surface area contributed by atoms with Crippen molar-refractivity contribution in [1.82, 2.24) is 9.78 Å². The summed E-state index contributed by atoms with van der Waals surface area (Å²) >= 11 is 0. The number of hydrogen-bond donors (Lipinski definition) is 0. The first-order valence-electron chi connectivity index (χ1n) is 4.07. The molecule has 0 fully saturated rings. The van der Waals surface area contributed by atoms with Crippen LogP contribution in [0.4, 0.5) is 0 Å². The molecule has 0 unspecified atom stereocenters. The van der Waals surface area contributed by atoms with Crippen molar-refractivity contribution in [3.63, 3.8) is 0 Å². The summed E-state index contributed by atoms with van der Waals surface area (Å²) < 4.78 is 1.72. The molecule has 0 amide bonds. The van der Waals surface area contributed by atoms with Crippen molar-refractivity contribution in [2.75, 3.05) is 0 Å². The third kappa shape index (κ3) is 1.40. The molecule has 0 aliphatic carbocycles. The SMILES string of the molecule is Cc1c(C(=O)C(C)C)cnn1C. The summed E-state index contributed by atoms with van der Waals surface area (Å²) in [4.78, 5) is 11.5. The quantitative estimate of drug-likeness (QED) is 0.625. The highest BCUT2D eigenvalue weighted by Gasteiger charge is 2.15. The second-order valence-electron chi connectivity index (χ2n) is 3.29. The van der Waals surface area contributed by atoms with Crippen LogP contribution in [0, 0.1) is 12.8 Å². The van der Waals surface area contributed by atoms with Crippen LogP contribution in [0.25, 0.3) is 0 Å². The third-order valence-corrected chi connectivity index (χ3v) is 2.03. The van der Waals surface area contributed by atoms with Crippen molar-refractivity contribution in [3.05, 3.63) is 17.5 Å². The summed E-state index contributed by atoms with van der Waals surface area (Å²) in [6.07, 6.45) is 1.64. The lowest BCUT2D eigenvalue weighted by Gasteiger charge is -2.02. The molecule has 66 valence electrons. The molecule has 0 aromatic carbocycles. The molecule has 12 heavy (non-hydrogen) atoms. The minimum absolute atomic E-state index is 0.0490. The fourth-order valence-electron chi connectivity index (χ4n) is 1.05. The monoisotopic (exact) mass is 166 g/mol. The fraction of sp³-hybridized carbons (Fsp3) is 0.556. The average Bonchev–Trinajstić information content (AvgIpc) is 2.32. The smallest absolute Gasteiger partial charge is 0.168 e. The van der Waals surface area contributed by atoms with Gasteiger partial charge >= 0.3 is 0 Å². The van der Waals surface area contributed by atoms with E-state index in [1.807, 2.05) is 27.8 Å². The number of aryl methyl sites for hydroxylation is 1. The zero-order chi connectivity index (χ0) is 9.30. The van der Waals surface area contributed by atoms with Gasteiger partial charge in [-0.1, -0.05) is 13.8 Å². The van der Waals surface area contributed by atoms with E-state index in [2.05, 4.69) is 5.10 Å². The van der Waals surface area contributed by atoms with E-state index in [-0.39, 0.29) is 11.7 Å². The number of hydrogen-bond acceptors (Lipinski definition) is 2. The highest BCUT2D eigenvalue weighted by atomic mass is 16.1. The van der Waals surface area contributed by atoms with Gasteiger partial charge in [-0.15, -0.1) is 0 Å². The molecule has 0 radical (unpaired) electrons. The molecule has 0 spiro atoms. The lowest BCUT2D eigenvalue weighted by molar-refractivity contribution is 0.0938. The van der Waals surface area contributed by atoms with Crippen LogP contribution in [0.5, 0.6) is 0 Å². The van der Waals surface area contributed by atoms with Gasteiger partial charge in [-0.2, -0.15) is 5.10 Å². The highest BCUT2D eigenvalue weighted by Crippen LogP contribution is 2.11. The maximum atomic E-state index is 11.5.